The molecule has 0 fully saturated rings. The van der Waals surface area contributed by atoms with Gasteiger partial charge in [-0.05, 0) is 94.2 Å². The van der Waals surface area contributed by atoms with Crippen molar-refractivity contribution in [3.63, 3.8) is 0 Å². The van der Waals surface area contributed by atoms with Gasteiger partial charge in [0.15, 0.2) is 8.07 Å². The highest BCUT2D eigenvalue weighted by Gasteiger charge is 2.52. The number of imidazole rings is 2. The topological polar surface area (TPSA) is 31.5 Å². The number of hydrogen-bond donors (Lipinski definition) is 0. The van der Waals surface area contributed by atoms with E-state index in [2.05, 4.69) is 4.40 Å². The number of aromatic nitrogens is 3. The van der Waals surface area contributed by atoms with Crippen LogP contribution in [-0.4, -0.2) is 28.2 Å². The zero-order chi connectivity index (χ0) is 55.6. The standard InChI is InChI=1S/C56H52F3N3OSi/c1-53(2,3)34-36-55(37-35-54(4,5)56(57,58)59)43-26-12-17-32-49(43)63-51-44(55)27-19-33-50(51)64(40-21-8-6-9-22-40,41-23-10-7-11-24-41)42-25-18-20-39(38-42)61-47-30-15-16-31-48(47)62-46-29-14-13-28-45(46)60-52(61)62/h6-33,38H,34-37H2,1-5H3/i1D3,2D3,4D3,36D2,37D2. The Kier molecular flexibility index (Phi) is 7.01. The summed E-state index contributed by atoms with van der Waals surface area (Å²) in [6.45, 7) is -9.64. The Morgan fingerprint density at radius 3 is 1.92 bits per heavy atom. The summed E-state index contributed by atoms with van der Waals surface area (Å²) in [5, 5.41) is 2.58. The predicted octanol–water partition coefficient (Wildman–Crippen LogP) is 12.4. The van der Waals surface area contributed by atoms with E-state index in [-0.39, 0.29) is 22.6 Å². The van der Waals surface area contributed by atoms with Crippen molar-refractivity contribution in [2.24, 2.45) is 10.8 Å². The van der Waals surface area contributed by atoms with Crippen molar-refractivity contribution in [3.05, 3.63) is 187 Å². The average molecular weight is 881 g/mol. The molecule has 7 aromatic carbocycles. The van der Waals surface area contributed by atoms with E-state index < -0.39 is 76.6 Å². The Morgan fingerprint density at radius 1 is 0.625 bits per heavy atom. The van der Waals surface area contributed by atoms with Crippen molar-refractivity contribution < 1.29 is 35.7 Å². The summed E-state index contributed by atoms with van der Waals surface area (Å²) in [4.78, 5) is 5.12. The van der Waals surface area contributed by atoms with Gasteiger partial charge in [0.25, 0.3) is 0 Å². The van der Waals surface area contributed by atoms with Crippen LogP contribution >= 0.6 is 0 Å². The molecule has 4 nitrogen and oxygen atoms in total. The maximum Gasteiger partial charge on any atom is 0.393 e. The van der Waals surface area contributed by atoms with E-state index in [1.165, 1.54) is 36.4 Å². The van der Waals surface area contributed by atoms with Gasteiger partial charge in [0.2, 0.25) is 5.78 Å². The quantitative estimate of drug-likeness (QED) is 0.101. The predicted molar refractivity (Wildman–Crippen MR) is 258 cm³/mol. The molecule has 0 bridgehead atoms. The first kappa shape index (κ1) is 29.1. The van der Waals surface area contributed by atoms with Crippen LogP contribution in [0.1, 0.15) is 88.9 Å². The first-order valence-electron chi connectivity index (χ1n) is 27.5. The van der Waals surface area contributed by atoms with E-state index in [0.29, 0.717) is 23.6 Å². The fourth-order valence-electron chi connectivity index (χ4n) is 9.35. The van der Waals surface area contributed by atoms with Crippen LogP contribution in [0, 0.1) is 10.8 Å². The van der Waals surface area contributed by atoms with Crippen molar-refractivity contribution in [1.82, 2.24) is 14.0 Å². The molecular weight excluding hydrogens is 816 g/mol. The normalized spacial score (nSPS) is 20.4. The van der Waals surface area contributed by atoms with Gasteiger partial charge < -0.3 is 4.74 Å². The number of hydrogen-bond acceptors (Lipinski definition) is 2. The molecule has 0 amide bonds. The molecule has 3 heterocycles. The molecule has 2 aromatic heterocycles. The SMILES string of the molecule is [2H]C([2H])([2H])C(C)(CC([2H])([2H])C1(C([2H])([2H])CC(C)(C([2H])([2H])[2H])C(F)(F)F)c2ccccc2Oc2c1cccc2[Si](c1ccccc1)(c1ccccc1)c1cccc(-n2c3ccccc3n3c4ccccc4nc23)c1)C([2H])([2H])[2H]. The molecule has 64 heavy (non-hydrogen) atoms. The maximum absolute atomic E-state index is 15.6. The fraction of sp³-hybridized carbons (Fsp3) is 0.232. The summed E-state index contributed by atoms with van der Waals surface area (Å²) in [6.07, 6.45) is -16.1. The van der Waals surface area contributed by atoms with Gasteiger partial charge >= 0.3 is 6.18 Å². The lowest BCUT2D eigenvalue weighted by Gasteiger charge is -2.45. The van der Waals surface area contributed by atoms with Crippen molar-refractivity contribution in [2.45, 2.75) is 71.6 Å². The van der Waals surface area contributed by atoms with E-state index in [1.807, 2.05) is 138 Å². The third-order valence-corrected chi connectivity index (χ3v) is 17.2. The number of ether oxygens (including phenoxy) is 1. The number of nitrogens with zero attached hydrogens (tertiary/aromatic N) is 3. The molecule has 322 valence electrons. The van der Waals surface area contributed by atoms with Gasteiger partial charge in [0.05, 0.1) is 27.5 Å². The third-order valence-electron chi connectivity index (χ3n) is 12.4. The molecule has 2 unspecified atom stereocenters. The Morgan fingerprint density at radius 2 is 1.22 bits per heavy atom. The smallest absolute Gasteiger partial charge is 0.393 e. The molecule has 8 heteroatoms. The minimum atomic E-state index is -5.62. The van der Waals surface area contributed by atoms with Crippen molar-refractivity contribution in [2.75, 3.05) is 0 Å². The van der Waals surface area contributed by atoms with E-state index in [1.54, 1.807) is 6.07 Å². The molecule has 1 aliphatic heterocycles. The van der Waals surface area contributed by atoms with E-state index in [0.717, 1.165) is 44.6 Å². The Bertz CT molecular complexity index is 3580. The van der Waals surface area contributed by atoms with Gasteiger partial charge in [-0.15, -0.1) is 0 Å². The molecule has 0 spiro atoms. The molecule has 0 aliphatic carbocycles. The second kappa shape index (κ2) is 15.4. The average Bonchev–Trinajstić information content (AvgIpc) is 3.73. The highest BCUT2D eigenvalue weighted by atomic mass is 28.3. The van der Waals surface area contributed by atoms with Crippen LogP contribution in [0.2, 0.25) is 0 Å². The third kappa shape index (κ3) is 6.68. The fourth-order valence-corrected chi connectivity index (χ4v) is 14.2. The molecule has 0 N–H and O–H groups in total. The lowest BCUT2D eigenvalue weighted by Crippen LogP contribution is -2.75. The number of alkyl halides is 3. The summed E-state index contributed by atoms with van der Waals surface area (Å²) in [5.74, 6) is 0.216. The lowest BCUT2D eigenvalue weighted by molar-refractivity contribution is -0.214. The number of rotatable bonds is 10. The zero-order valence-electron chi connectivity index (χ0n) is 48.0. The van der Waals surface area contributed by atoms with E-state index in [9.17, 15) is 5.48 Å². The first-order chi connectivity index (χ1) is 36.0. The molecule has 0 radical (unpaired) electrons. The number of halogens is 3. The highest BCUT2D eigenvalue weighted by molar-refractivity contribution is 7.20. The summed E-state index contributed by atoms with van der Waals surface area (Å²) < 4.78 is 176. The van der Waals surface area contributed by atoms with Crippen LogP contribution in [0.5, 0.6) is 11.5 Å². The van der Waals surface area contributed by atoms with Crippen LogP contribution in [-0.2, 0) is 5.41 Å². The van der Waals surface area contributed by atoms with Gasteiger partial charge in [-0.3, -0.25) is 8.97 Å². The van der Waals surface area contributed by atoms with Crippen LogP contribution in [0.15, 0.2) is 176 Å². The molecule has 10 rings (SSSR count). The molecule has 9 aromatic rings. The number of para-hydroxylation sites is 6. The van der Waals surface area contributed by atoms with Crippen molar-refractivity contribution in [3.8, 4) is 17.2 Å². The lowest BCUT2D eigenvalue weighted by atomic mass is 9.63. The Labute approximate surface area is 392 Å². The van der Waals surface area contributed by atoms with Crippen LogP contribution in [0.3, 0.4) is 0 Å². The summed E-state index contributed by atoms with van der Waals surface area (Å²) in [7, 11) is -4.07. The zero-order valence-corrected chi connectivity index (χ0v) is 36.0. The minimum Gasteiger partial charge on any atom is -0.457 e. The second-order valence-corrected chi connectivity index (χ2v) is 20.8. The minimum absolute atomic E-state index is 0.177. The van der Waals surface area contributed by atoms with Crippen LogP contribution < -0.4 is 25.5 Å². The first-order valence-corrected chi connectivity index (χ1v) is 23.0. The van der Waals surface area contributed by atoms with E-state index in [4.69, 9.17) is 22.1 Å². The Balaban J connectivity index is 1.36. The van der Waals surface area contributed by atoms with Gasteiger partial charge in [-0.2, -0.15) is 13.2 Å². The van der Waals surface area contributed by atoms with Crippen LogP contribution in [0.25, 0.3) is 33.5 Å². The number of fused-ring (bicyclic) bond motifs is 7. The molecular formula is C56H52F3N3OSi. The molecule has 1 aliphatic rings. The summed E-state index contributed by atoms with van der Waals surface area (Å²) >= 11 is 0. The summed E-state index contributed by atoms with van der Waals surface area (Å²) in [5.41, 5.74) is -6.66. The van der Waals surface area contributed by atoms with Gasteiger partial charge in [-0.1, -0.05) is 168 Å². The van der Waals surface area contributed by atoms with E-state index >= 15 is 13.2 Å². The summed E-state index contributed by atoms with van der Waals surface area (Å²) in [6, 6.07) is 52.4. The van der Waals surface area contributed by atoms with Crippen molar-refractivity contribution >= 4 is 56.7 Å². The van der Waals surface area contributed by atoms with Gasteiger partial charge in [0.1, 0.15) is 11.5 Å². The largest absolute Gasteiger partial charge is 0.457 e. The van der Waals surface area contributed by atoms with Gasteiger partial charge in [-0.25, -0.2) is 4.98 Å². The Hall–Kier alpha value is -6.38. The molecule has 0 saturated heterocycles. The second-order valence-electron chi connectivity index (χ2n) is 17.0. The van der Waals surface area contributed by atoms with Crippen LogP contribution in [0.4, 0.5) is 13.2 Å². The monoisotopic (exact) mass is 880 g/mol. The van der Waals surface area contributed by atoms with Crippen molar-refractivity contribution in [1.29, 1.82) is 0 Å². The molecule has 0 saturated carbocycles. The maximum atomic E-state index is 15.6. The highest BCUT2D eigenvalue weighted by Crippen LogP contribution is 2.56. The molecule has 2 atom stereocenters. The van der Waals surface area contributed by atoms with Gasteiger partial charge in [0, 0.05) is 40.0 Å². The number of benzene rings is 7.